The predicted molar refractivity (Wildman–Crippen MR) is 120 cm³/mol. The van der Waals surface area contributed by atoms with E-state index >= 15 is 0 Å². The van der Waals surface area contributed by atoms with E-state index in [0.29, 0.717) is 0 Å². The number of aliphatic hydroxyl groups excluding tert-OH is 4. The smallest absolute Gasteiger partial charge is 0.229 e. The Bertz CT molecular complexity index is 1220. The largest absolute Gasteiger partial charge is 0.507 e. The van der Waals surface area contributed by atoms with E-state index in [0.717, 1.165) is 0 Å². The van der Waals surface area contributed by atoms with Crippen LogP contribution in [0.25, 0.3) is 0 Å². The standard InChI is InChI=1S/C24H26O12/c1-8-11(35-24-21(31)20(30)18(28)13(7-25)36-24)5-9-14(16(8)26)19(29)15-10(17(9)27)6-12(32-2)22(33-3)23(15)34-4/h5-6,13,18,20-21,24-26,28,30-31H,7H2,1-4H3/t13-,18-,20+,21-,24-/m1/s1. The fourth-order valence-electron chi connectivity index (χ4n) is 4.40. The minimum atomic E-state index is -1.72. The number of phenols is 1. The molecule has 0 radical (unpaired) electrons. The maximum absolute atomic E-state index is 13.5. The second-order valence-corrected chi connectivity index (χ2v) is 8.31. The second-order valence-electron chi connectivity index (χ2n) is 8.31. The van der Waals surface area contributed by atoms with Crippen LogP contribution in [0.3, 0.4) is 0 Å². The molecule has 36 heavy (non-hydrogen) atoms. The van der Waals surface area contributed by atoms with Crippen molar-refractivity contribution >= 4 is 11.6 Å². The van der Waals surface area contributed by atoms with E-state index in [4.69, 9.17) is 23.7 Å². The van der Waals surface area contributed by atoms with Crippen molar-refractivity contribution in [3.8, 4) is 28.7 Å². The van der Waals surface area contributed by atoms with E-state index in [2.05, 4.69) is 0 Å². The average Bonchev–Trinajstić information content (AvgIpc) is 2.88. The summed E-state index contributed by atoms with van der Waals surface area (Å²) in [5.74, 6) is -1.81. The SMILES string of the molecule is COc1cc2c(c(OC)c1OC)C(=O)c1c(cc(O[C@@H]3O[C@H](CO)[C@@H](O)[C@H](O)[C@H]3O)c(C)c1O)C2=O. The fraction of sp³-hybridized carbons (Fsp3) is 0.417. The summed E-state index contributed by atoms with van der Waals surface area (Å²) in [6.45, 7) is 0.740. The van der Waals surface area contributed by atoms with Gasteiger partial charge in [-0.2, -0.15) is 0 Å². The van der Waals surface area contributed by atoms with E-state index in [1.807, 2.05) is 0 Å². The number of hydrogen-bond acceptors (Lipinski definition) is 12. The highest BCUT2D eigenvalue weighted by Gasteiger charge is 2.45. The predicted octanol–water partition coefficient (Wildman–Crippen LogP) is -0.319. The van der Waals surface area contributed by atoms with Crippen molar-refractivity contribution in [3.05, 3.63) is 39.9 Å². The molecule has 12 nitrogen and oxygen atoms in total. The Kier molecular flexibility index (Phi) is 6.82. The highest BCUT2D eigenvalue weighted by atomic mass is 16.7. The van der Waals surface area contributed by atoms with Crippen LogP contribution in [0.15, 0.2) is 12.1 Å². The number of aromatic hydroxyl groups is 1. The number of ketones is 2. The lowest BCUT2D eigenvalue weighted by Crippen LogP contribution is -2.60. The number of carbonyl (C=O) groups is 2. The molecule has 5 N–H and O–H groups in total. The molecule has 1 fully saturated rings. The highest BCUT2D eigenvalue weighted by molar-refractivity contribution is 6.31. The summed E-state index contributed by atoms with van der Waals surface area (Å²) in [6, 6.07) is 2.53. The topological polar surface area (TPSA) is 181 Å². The Balaban J connectivity index is 1.82. The van der Waals surface area contributed by atoms with Gasteiger partial charge in [-0.15, -0.1) is 0 Å². The molecule has 1 saturated heterocycles. The van der Waals surface area contributed by atoms with Gasteiger partial charge in [-0.1, -0.05) is 0 Å². The molecule has 1 heterocycles. The van der Waals surface area contributed by atoms with Crippen molar-refractivity contribution in [2.45, 2.75) is 37.6 Å². The summed E-state index contributed by atoms with van der Waals surface area (Å²) in [4.78, 5) is 27.0. The molecule has 2 aromatic rings. The van der Waals surface area contributed by atoms with E-state index in [1.54, 1.807) is 0 Å². The van der Waals surface area contributed by atoms with Gasteiger partial charge in [-0.25, -0.2) is 0 Å². The Hall–Kier alpha value is -3.42. The number of benzene rings is 2. The first-order chi connectivity index (χ1) is 17.1. The normalized spacial score (nSPS) is 25.2. The zero-order chi connectivity index (χ0) is 26.5. The van der Waals surface area contributed by atoms with Gasteiger partial charge in [0.1, 0.15) is 35.9 Å². The fourth-order valence-corrected chi connectivity index (χ4v) is 4.40. The molecule has 0 amide bonds. The van der Waals surface area contributed by atoms with Crippen LogP contribution in [0, 0.1) is 6.92 Å². The van der Waals surface area contributed by atoms with Gasteiger partial charge in [0.15, 0.2) is 17.3 Å². The summed E-state index contributed by atoms with van der Waals surface area (Å²) >= 11 is 0. The zero-order valence-electron chi connectivity index (χ0n) is 19.8. The van der Waals surface area contributed by atoms with E-state index in [-0.39, 0.29) is 50.8 Å². The number of phenolic OH excluding ortho intramolecular Hbond substituents is 1. The molecule has 0 aromatic heterocycles. The number of methoxy groups -OCH3 is 3. The van der Waals surface area contributed by atoms with E-state index in [9.17, 15) is 35.1 Å². The number of carbonyl (C=O) groups excluding carboxylic acids is 2. The van der Waals surface area contributed by atoms with Crippen LogP contribution >= 0.6 is 0 Å². The van der Waals surface area contributed by atoms with Gasteiger partial charge in [0.05, 0.1) is 39.1 Å². The van der Waals surface area contributed by atoms with Gasteiger partial charge in [0.25, 0.3) is 0 Å². The van der Waals surface area contributed by atoms with Crippen LogP contribution in [0.4, 0.5) is 0 Å². The molecule has 2 aromatic carbocycles. The van der Waals surface area contributed by atoms with Crippen LogP contribution in [0.2, 0.25) is 0 Å². The molecule has 194 valence electrons. The first-order valence-corrected chi connectivity index (χ1v) is 10.9. The van der Waals surface area contributed by atoms with E-state index in [1.165, 1.54) is 40.4 Å². The van der Waals surface area contributed by atoms with Crippen molar-refractivity contribution in [1.29, 1.82) is 0 Å². The number of ether oxygens (including phenoxy) is 5. The third kappa shape index (κ3) is 3.74. The summed E-state index contributed by atoms with van der Waals surface area (Å²) < 4.78 is 27.0. The molecule has 0 saturated carbocycles. The lowest BCUT2D eigenvalue weighted by molar-refractivity contribution is -0.277. The molecular formula is C24H26O12. The van der Waals surface area contributed by atoms with Gasteiger partial charge < -0.3 is 49.2 Å². The maximum atomic E-state index is 13.5. The average molecular weight is 506 g/mol. The highest BCUT2D eigenvalue weighted by Crippen LogP contribution is 2.48. The van der Waals surface area contributed by atoms with Gasteiger partial charge in [0, 0.05) is 16.7 Å². The Morgan fingerprint density at radius 3 is 2.03 bits per heavy atom. The van der Waals surface area contributed by atoms with Crippen LogP contribution in [0.1, 0.15) is 37.4 Å². The van der Waals surface area contributed by atoms with Crippen LogP contribution in [-0.2, 0) is 4.74 Å². The minimum Gasteiger partial charge on any atom is -0.507 e. The van der Waals surface area contributed by atoms with Crippen LogP contribution in [0.5, 0.6) is 28.7 Å². The number of aliphatic hydroxyl groups is 4. The summed E-state index contributed by atoms with van der Waals surface area (Å²) in [5.41, 5.74) is -0.593. The van der Waals surface area contributed by atoms with E-state index < -0.39 is 54.6 Å². The molecule has 0 bridgehead atoms. The minimum absolute atomic E-state index is 0.0328. The third-order valence-electron chi connectivity index (χ3n) is 6.37. The Morgan fingerprint density at radius 2 is 1.44 bits per heavy atom. The molecule has 2 aliphatic rings. The molecule has 5 atom stereocenters. The van der Waals surface area contributed by atoms with Gasteiger partial charge in [-0.05, 0) is 19.1 Å². The van der Waals surface area contributed by atoms with Crippen molar-refractivity contribution in [1.82, 2.24) is 0 Å². The monoisotopic (exact) mass is 506 g/mol. The molecule has 0 unspecified atom stereocenters. The lowest BCUT2D eigenvalue weighted by Gasteiger charge is -2.39. The Morgan fingerprint density at radius 1 is 0.833 bits per heavy atom. The van der Waals surface area contributed by atoms with Gasteiger partial charge in [-0.3, -0.25) is 9.59 Å². The Labute approximate surface area is 205 Å². The molecule has 4 rings (SSSR count). The maximum Gasteiger partial charge on any atom is 0.229 e. The molecular weight excluding hydrogens is 480 g/mol. The first kappa shape index (κ1) is 25.7. The lowest BCUT2D eigenvalue weighted by atomic mass is 9.81. The van der Waals surface area contributed by atoms with Crippen molar-refractivity contribution in [2.75, 3.05) is 27.9 Å². The summed E-state index contributed by atoms with van der Waals surface area (Å²) in [7, 11) is 4.00. The van der Waals surface area contributed by atoms with Crippen LogP contribution in [-0.4, -0.2) is 95.7 Å². The molecule has 12 heteroatoms. The number of rotatable bonds is 6. The first-order valence-electron chi connectivity index (χ1n) is 10.9. The molecule has 1 aliphatic carbocycles. The van der Waals surface area contributed by atoms with Crippen molar-refractivity contribution in [3.63, 3.8) is 0 Å². The zero-order valence-corrected chi connectivity index (χ0v) is 19.8. The third-order valence-corrected chi connectivity index (χ3v) is 6.37. The molecule has 1 aliphatic heterocycles. The van der Waals surface area contributed by atoms with Gasteiger partial charge in [0.2, 0.25) is 17.8 Å². The van der Waals surface area contributed by atoms with Crippen molar-refractivity contribution < 1.29 is 58.8 Å². The molecule has 0 spiro atoms. The number of hydrogen-bond donors (Lipinski definition) is 5. The quantitative estimate of drug-likeness (QED) is 0.294. The second kappa shape index (κ2) is 9.56. The van der Waals surface area contributed by atoms with Gasteiger partial charge >= 0.3 is 0 Å². The number of fused-ring (bicyclic) bond motifs is 2. The van der Waals surface area contributed by atoms with Crippen LogP contribution < -0.4 is 18.9 Å². The summed E-state index contributed by atoms with van der Waals surface area (Å²) in [5, 5.41) is 50.7. The van der Waals surface area contributed by atoms with Crippen molar-refractivity contribution in [2.24, 2.45) is 0 Å². The summed E-state index contributed by atoms with van der Waals surface area (Å²) in [6.07, 6.45) is -7.81.